The summed E-state index contributed by atoms with van der Waals surface area (Å²) >= 11 is 0. The van der Waals surface area contributed by atoms with E-state index in [4.69, 9.17) is 4.42 Å². The topological polar surface area (TPSA) is 33.5 Å². The van der Waals surface area contributed by atoms with E-state index < -0.39 is 0 Å². The Balaban J connectivity index is 1.62. The third-order valence-electron chi connectivity index (χ3n) is 4.65. The minimum absolute atomic E-state index is 0.0819. The zero-order chi connectivity index (χ0) is 14.9. The Kier molecular flexibility index (Phi) is 3.34. The summed E-state index contributed by atoms with van der Waals surface area (Å²) in [6.45, 7) is 0.807. The number of furan rings is 1. The largest absolute Gasteiger partial charge is 0.467 e. The Morgan fingerprint density at radius 3 is 3.09 bits per heavy atom. The molecule has 0 radical (unpaired) electrons. The Hall–Kier alpha value is -2.29. The fourth-order valence-corrected chi connectivity index (χ4v) is 3.52. The fourth-order valence-electron chi connectivity index (χ4n) is 3.52. The van der Waals surface area contributed by atoms with Crippen LogP contribution in [-0.2, 0) is 6.42 Å². The Morgan fingerprint density at radius 2 is 2.23 bits per heavy atom. The van der Waals surface area contributed by atoms with Crippen molar-refractivity contribution in [1.82, 2.24) is 4.90 Å². The number of rotatable bonds is 2. The first kappa shape index (κ1) is 13.4. The van der Waals surface area contributed by atoms with Crippen LogP contribution >= 0.6 is 0 Å². The molecule has 112 valence electrons. The van der Waals surface area contributed by atoms with Gasteiger partial charge in [0.1, 0.15) is 5.76 Å². The van der Waals surface area contributed by atoms with Gasteiger partial charge in [-0.15, -0.1) is 0 Å². The maximum absolute atomic E-state index is 12.9. The van der Waals surface area contributed by atoms with E-state index in [0.717, 1.165) is 43.6 Å². The summed E-state index contributed by atoms with van der Waals surface area (Å²) in [5, 5.41) is 0. The quantitative estimate of drug-likeness (QED) is 0.830. The van der Waals surface area contributed by atoms with Crippen molar-refractivity contribution >= 4 is 12.0 Å². The van der Waals surface area contributed by atoms with Crippen LogP contribution in [0.2, 0.25) is 0 Å². The molecule has 2 heterocycles. The minimum atomic E-state index is 0.0819. The number of allylic oxidation sites excluding steroid dienone is 1. The van der Waals surface area contributed by atoms with Gasteiger partial charge in [-0.2, -0.15) is 0 Å². The summed E-state index contributed by atoms with van der Waals surface area (Å²) in [6.07, 6.45) is 10.1. The molecule has 0 saturated carbocycles. The first-order valence-corrected chi connectivity index (χ1v) is 7.97. The molecule has 3 nitrogen and oxygen atoms in total. The first-order valence-electron chi connectivity index (χ1n) is 7.97. The monoisotopic (exact) mass is 293 g/mol. The molecule has 1 aromatic carbocycles. The van der Waals surface area contributed by atoms with Gasteiger partial charge >= 0.3 is 0 Å². The lowest BCUT2D eigenvalue weighted by Gasteiger charge is -2.24. The van der Waals surface area contributed by atoms with E-state index in [9.17, 15) is 4.79 Å². The second-order valence-corrected chi connectivity index (χ2v) is 6.03. The molecule has 4 rings (SSSR count). The molecular formula is C19H19NO2. The number of likely N-dealkylation sites (tertiary alicyclic amines) is 1. The van der Waals surface area contributed by atoms with Crippen LogP contribution in [0.3, 0.4) is 0 Å². The van der Waals surface area contributed by atoms with Gasteiger partial charge in [-0.1, -0.05) is 18.2 Å². The summed E-state index contributed by atoms with van der Waals surface area (Å²) in [5.74, 6) is 1.02. The number of carbonyl (C=O) groups excluding carboxylic acids is 1. The van der Waals surface area contributed by atoms with Crippen LogP contribution < -0.4 is 0 Å². The number of benzene rings is 1. The molecule has 1 aliphatic heterocycles. The predicted octanol–water partition coefficient (Wildman–Crippen LogP) is 4.22. The SMILES string of the molecule is O=C(c1ccc2c(c1)CCC=C2)N1CCC[C@H]1c1ccco1. The maximum Gasteiger partial charge on any atom is 0.254 e. The highest BCUT2D eigenvalue weighted by atomic mass is 16.3. The molecule has 0 bridgehead atoms. The third kappa shape index (κ3) is 2.27. The highest BCUT2D eigenvalue weighted by Crippen LogP contribution is 2.33. The van der Waals surface area contributed by atoms with Crippen LogP contribution in [0.15, 0.2) is 47.1 Å². The molecule has 0 spiro atoms. The van der Waals surface area contributed by atoms with E-state index in [1.165, 1.54) is 11.1 Å². The van der Waals surface area contributed by atoms with Crippen LogP contribution in [0, 0.1) is 0 Å². The van der Waals surface area contributed by atoms with Crippen LogP contribution in [0.4, 0.5) is 0 Å². The summed E-state index contributed by atoms with van der Waals surface area (Å²) < 4.78 is 5.52. The van der Waals surface area contributed by atoms with Gasteiger partial charge in [0, 0.05) is 12.1 Å². The first-order chi connectivity index (χ1) is 10.8. The zero-order valence-electron chi connectivity index (χ0n) is 12.5. The minimum Gasteiger partial charge on any atom is -0.467 e. The van der Waals surface area contributed by atoms with Crippen molar-refractivity contribution < 1.29 is 9.21 Å². The van der Waals surface area contributed by atoms with Gasteiger partial charge < -0.3 is 9.32 Å². The Morgan fingerprint density at radius 1 is 1.27 bits per heavy atom. The fraction of sp³-hybridized carbons (Fsp3) is 0.316. The van der Waals surface area contributed by atoms with Crippen molar-refractivity contribution in [2.45, 2.75) is 31.7 Å². The van der Waals surface area contributed by atoms with Gasteiger partial charge in [0.15, 0.2) is 0 Å². The second-order valence-electron chi connectivity index (χ2n) is 6.03. The Bertz CT molecular complexity index is 715. The number of fused-ring (bicyclic) bond motifs is 1. The van der Waals surface area contributed by atoms with Crippen molar-refractivity contribution in [3.05, 3.63) is 65.1 Å². The standard InChI is InChI=1S/C19H19NO2/c21-19(16-10-9-14-5-1-2-6-15(14)13-16)20-11-3-7-17(20)18-8-4-12-22-18/h1,4-5,8-10,12-13,17H,2-3,6-7,11H2/t17-/m0/s1. The van der Waals surface area contributed by atoms with E-state index in [-0.39, 0.29) is 11.9 Å². The summed E-state index contributed by atoms with van der Waals surface area (Å²) in [7, 11) is 0. The van der Waals surface area contributed by atoms with Gasteiger partial charge in [0.05, 0.1) is 12.3 Å². The number of carbonyl (C=O) groups is 1. The highest BCUT2D eigenvalue weighted by molar-refractivity contribution is 5.95. The second kappa shape index (κ2) is 5.48. The maximum atomic E-state index is 12.9. The number of aryl methyl sites for hydroxylation is 1. The number of hydrogen-bond acceptors (Lipinski definition) is 2. The van der Waals surface area contributed by atoms with Crippen LogP contribution in [0.25, 0.3) is 6.08 Å². The lowest BCUT2D eigenvalue weighted by atomic mass is 9.95. The van der Waals surface area contributed by atoms with Crippen LogP contribution in [0.5, 0.6) is 0 Å². The molecule has 2 aromatic rings. The molecular weight excluding hydrogens is 274 g/mol. The third-order valence-corrected chi connectivity index (χ3v) is 4.65. The predicted molar refractivity (Wildman–Crippen MR) is 85.5 cm³/mol. The zero-order valence-corrected chi connectivity index (χ0v) is 12.5. The lowest BCUT2D eigenvalue weighted by Crippen LogP contribution is -2.30. The van der Waals surface area contributed by atoms with Crippen LogP contribution in [-0.4, -0.2) is 17.4 Å². The molecule has 1 saturated heterocycles. The van der Waals surface area contributed by atoms with Gasteiger partial charge in [-0.25, -0.2) is 0 Å². The average molecular weight is 293 g/mol. The molecule has 22 heavy (non-hydrogen) atoms. The van der Waals surface area contributed by atoms with Crippen molar-refractivity contribution in [1.29, 1.82) is 0 Å². The van der Waals surface area contributed by atoms with Crippen molar-refractivity contribution in [2.24, 2.45) is 0 Å². The molecule has 1 fully saturated rings. The van der Waals surface area contributed by atoms with E-state index in [1.54, 1.807) is 6.26 Å². The molecule has 1 aromatic heterocycles. The summed E-state index contributed by atoms with van der Waals surface area (Å²) in [4.78, 5) is 14.9. The average Bonchev–Trinajstić information content (AvgIpc) is 3.24. The number of amides is 1. The Labute approximate surface area is 130 Å². The number of nitrogens with zero attached hydrogens (tertiary/aromatic N) is 1. The molecule has 2 aliphatic rings. The molecule has 3 heteroatoms. The van der Waals surface area contributed by atoms with E-state index in [1.807, 2.05) is 23.1 Å². The molecule has 1 amide bonds. The van der Waals surface area contributed by atoms with Crippen molar-refractivity contribution in [3.8, 4) is 0 Å². The van der Waals surface area contributed by atoms with Gasteiger partial charge in [-0.3, -0.25) is 4.79 Å². The number of hydrogen-bond donors (Lipinski definition) is 0. The normalized spacial score (nSPS) is 20.2. The molecule has 0 unspecified atom stereocenters. The summed E-state index contributed by atoms with van der Waals surface area (Å²) in [6, 6.07) is 10.0. The van der Waals surface area contributed by atoms with Gasteiger partial charge in [-0.05, 0) is 61.1 Å². The van der Waals surface area contributed by atoms with Gasteiger partial charge in [0.25, 0.3) is 5.91 Å². The highest BCUT2D eigenvalue weighted by Gasteiger charge is 2.32. The summed E-state index contributed by atoms with van der Waals surface area (Å²) in [5.41, 5.74) is 3.32. The van der Waals surface area contributed by atoms with E-state index >= 15 is 0 Å². The van der Waals surface area contributed by atoms with Gasteiger partial charge in [0.2, 0.25) is 0 Å². The molecule has 0 N–H and O–H groups in total. The van der Waals surface area contributed by atoms with Crippen molar-refractivity contribution in [3.63, 3.8) is 0 Å². The van der Waals surface area contributed by atoms with E-state index in [2.05, 4.69) is 24.3 Å². The smallest absolute Gasteiger partial charge is 0.254 e. The van der Waals surface area contributed by atoms with E-state index in [0.29, 0.717) is 0 Å². The lowest BCUT2D eigenvalue weighted by molar-refractivity contribution is 0.0720. The van der Waals surface area contributed by atoms with Crippen LogP contribution in [0.1, 0.15) is 52.5 Å². The van der Waals surface area contributed by atoms with Crippen molar-refractivity contribution in [2.75, 3.05) is 6.54 Å². The molecule has 1 atom stereocenters. The molecule has 1 aliphatic carbocycles.